The minimum Gasteiger partial charge on any atom is -0.497 e. The summed E-state index contributed by atoms with van der Waals surface area (Å²) in [5.41, 5.74) is 8.69. The molecule has 4 amide bonds. The highest BCUT2D eigenvalue weighted by Crippen LogP contribution is 2.35. The van der Waals surface area contributed by atoms with Crippen LogP contribution in [-0.4, -0.2) is 25.0 Å². The van der Waals surface area contributed by atoms with Gasteiger partial charge >= 0.3 is 6.03 Å². The molecular formula is C30H28N4O4S. The molecule has 39 heavy (non-hydrogen) atoms. The summed E-state index contributed by atoms with van der Waals surface area (Å²) >= 11 is 1.38. The summed E-state index contributed by atoms with van der Waals surface area (Å²) in [4.78, 5) is 39.8. The maximum Gasteiger partial charge on any atom is 0.326 e. The largest absolute Gasteiger partial charge is 0.497 e. The average molecular weight is 541 g/mol. The van der Waals surface area contributed by atoms with E-state index in [0.29, 0.717) is 40.5 Å². The molecule has 0 saturated heterocycles. The van der Waals surface area contributed by atoms with E-state index in [1.54, 1.807) is 55.6 Å². The number of amides is 4. The van der Waals surface area contributed by atoms with Gasteiger partial charge in [0.25, 0.3) is 11.8 Å². The van der Waals surface area contributed by atoms with Gasteiger partial charge in [0.2, 0.25) is 0 Å². The van der Waals surface area contributed by atoms with E-state index in [1.165, 1.54) is 11.8 Å². The first-order chi connectivity index (χ1) is 18.9. The third-order valence-electron chi connectivity index (χ3n) is 5.70. The maximum absolute atomic E-state index is 13.0. The van der Waals surface area contributed by atoms with Crippen molar-refractivity contribution in [1.29, 1.82) is 0 Å². The quantitative estimate of drug-likeness (QED) is 0.232. The fourth-order valence-corrected chi connectivity index (χ4v) is 4.65. The number of hydrogen-bond acceptors (Lipinski definition) is 6. The molecule has 0 spiro atoms. The number of methoxy groups -OCH3 is 1. The molecule has 9 heteroatoms. The average Bonchev–Trinajstić information content (AvgIpc) is 2.97. The lowest BCUT2D eigenvalue weighted by Gasteiger charge is -2.14. The molecule has 8 nitrogen and oxygen atoms in total. The van der Waals surface area contributed by atoms with Crippen LogP contribution in [0.3, 0.4) is 0 Å². The van der Waals surface area contributed by atoms with Crippen molar-refractivity contribution in [2.45, 2.75) is 22.9 Å². The summed E-state index contributed by atoms with van der Waals surface area (Å²) in [6, 6.07) is 27.9. The Morgan fingerprint density at radius 2 is 1.56 bits per heavy atom. The van der Waals surface area contributed by atoms with E-state index >= 15 is 0 Å². The number of carbonyl (C=O) groups is 3. The van der Waals surface area contributed by atoms with Crippen LogP contribution < -0.4 is 26.4 Å². The molecule has 5 N–H and O–H groups in total. The Kier molecular flexibility index (Phi) is 9.34. The van der Waals surface area contributed by atoms with E-state index in [4.69, 9.17) is 10.5 Å². The van der Waals surface area contributed by atoms with E-state index in [9.17, 15) is 14.4 Å². The van der Waals surface area contributed by atoms with Gasteiger partial charge in [-0.15, -0.1) is 0 Å². The van der Waals surface area contributed by atoms with Crippen LogP contribution in [0.1, 0.15) is 31.8 Å². The van der Waals surface area contributed by atoms with Gasteiger partial charge in [-0.1, -0.05) is 60.3 Å². The van der Waals surface area contributed by atoms with Gasteiger partial charge in [-0.25, -0.2) is 4.79 Å². The van der Waals surface area contributed by atoms with Crippen molar-refractivity contribution in [2.24, 2.45) is 5.73 Å². The van der Waals surface area contributed by atoms with Crippen molar-refractivity contribution in [3.8, 4) is 5.75 Å². The number of rotatable bonds is 9. The van der Waals surface area contributed by atoms with E-state index < -0.39 is 11.9 Å². The zero-order valence-corrected chi connectivity index (χ0v) is 22.1. The molecule has 198 valence electrons. The Morgan fingerprint density at radius 1 is 0.795 bits per heavy atom. The molecule has 4 rings (SSSR count). The highest BCUT2D eigenvalue weighted by Gasteiger charge is 2.16. The Balaban J connectivity index is 1.54. The van der Waals surface area contributed by atoms with Crippen molar-refractivity contribution >= 4 is 35.3 Å². The van der Waals surface area contributed by atoms with Crippen LogP contribution in [0.4, 0.5) is 10.5 Å². The van der Waals surface area contributed by atoms with Crippen molar-refractivity contribution in [2.75, 3.05) is 12.4 Å². The van der Waals surface area contributed by atoms with Crippen LogP contribution in [0.5, 0.6) is 5.75 Å². The normalized spacial score (nSPS) is 10.4. The van der Waals surface area contributed by atoms with Gasteiger partial charge < -0.3 is 21.1 Å². The van der Waals surface area contributed by atoms with Crippen molar-refractivity contribution in [1.82, 2.24) is 10.6 Å². The minimum absolute atomic E-state index is 0.310. The van der Waals surface area contributed by atoms with Gasteiger partial charge in [0, 0.05) is 34.0 Å². The van der Waals surface area contributed by atoms with Crippen molar-refractivity contribution in [3.63, 3.8) is 0 Å². The molecule has 0 fully saturated rings. The molecule has 4 aromatic rings. The summed E-state index contributed by atoms with van der Waals surface area (Å²) in [5.74, 6) is -0.158. The summed E-state index contributed by atoms with van der Waals surface area (Å²) < 4.78 is 5.31. The minimum atomic E-state index is -0.715. The smallest absolute Gasteiger partial charge is 0.326 e. The van der Waals surface area contributed by atoms with E-state index in [1.807, 2.05) is 48.5 Å². The molecule has 0 aliphatic heterocycles. The van der Waals surface area contributed by atoms with Crippen LogP contribution in [0.25, 0.3) is 0 Å². The summed E-state index contributed by atoms with van der Waals surface area (Å²) in [5, 5.41) is 7.96. The number of ether oxygens (including phenoxy) is 1. The highest BCUT2D eigenvalue weighted by molar-refractivity contribution is 7.99. The lowest BCUT2D eigenvalue weighted by Crippen LogP contribution is -2.34. The molecule has 0 heterocycles. The second kappa shape index (κ2) is 13.3. The van der Waals surface area contributed by atoms with Crippen LogP contribution in [-0.2, 0) is 13.1 Å². The van der Waals surface area contributed by atoms with E-state index in [-0.39, 0.29) is 5.91 Å². The molecule has 4 aromatic carbocycles. The number of benzene rings is 4. The molecule has 0 bridgehead atoms. The third-order valence-corrected chi connectivity index (χ3v) is 6.77. The SMILES string of the molecule is COc1cccc(Sc2ccc(C(=O)NCc3cccc(CN)c3)cc2NC(=O)NC(=O)c2ccccc2)c1. The number of hydrogen-bond donors (Lipinski definition) is 4. The summed E-state index contributed by atoms with van der Waals surface area (Å²) in [6.07, 6.45) is 0. The van der Waals surface area contributed by atoms with Gasteiger partial charge in [0.15, 0.2) is 0 Å². The molecule has 0 unspecified atom stereocenters. The molecule has 0 saturated carbocycles. The second-order valence-electron chi connectivity index (χ2n) is 8.47. The standard InChI is InChI=1S/C30H28N4O4S/c1-38-24-11-6-12-25(17-24)39-27-14-13-23(28(35)32-19-21-8-5-7-20(15-21)18-31)16-26(27)33-30(37)34-29(36)22-9-3-2-4-10-22/h2-17H,18-19,31H2,1H3,(H,32,35)(H2,33,34,36,37). The molecule has 0 atom stereocenters. The molecule has 0 aliphatic rings. The fourth-order valence-electron chi connectivity index (χ4n) is 3.72. The molecule has 0 radical (unpaired) electrons. The number of anilines is 1. The van der Waals surface area contributed by atoms with E-state index in [0.717, 1.165) is 16.0 Å². The lowest BCUT2D eigenvalue weighted by atomic mass is 10.1. The second-order valence-corrected chi connectivity index (χ2v) is 9.59. The number of imide groups is 1. The fraction of sp³-hybridized carbons (Fsp3) is 0.100. The Hall–Kier alpha value is -4.60. The Labute approximate surface area is 231 Å². The van der Waals surface area contributed by atoms with Gasteiger partial charge in [-0.3, -0.25) is 14.9 Å². The first-order valence-electron chi connectivity index (χ1n) is 12.1. The van der Waals surface area contributed by atoms with Crippen molar-refractivity contribution in [3.05, 3.63) is 119 Å². The zero-order chi connectivity index (χ0) is 27.6. The zero-order valence-electron chi connectivity index (χ0n) is 21.3. The first kappa shape index (κ1) is 27.4. The van der Waals surface area contributed by atoms with Crippen LogP contribution in [0.2, 0.25) is 0 Å². The first-order valence-corrected chi connectivity index (χ1v) is 13.0. The Bertz CT molecular complexity index is 1480. The van der Waals surface area contributed by atoms with Gasteiger partial charge in [-0.05, 0) is 59.7 Å². The van der Waals surface area contributed by atoms with Gasteiger partial charge in [0.05, 0.1) is 12.8 Å². The van der Waals surface area contributed by atoms with Gasteiger partial charge in [0.1, 0.15) is 5.75 Å². The van der Waals surface area contributed by atoms with Crippen molar-refractivity contribution < 1.29 is 19.1 Å². The molecule has 0 aromatic heterocycles. The third kappa shape index (κ3) is 7.70. The number of nitrogens with two attached hydrogens (primary N) is 1. The van der Waals surface area contributed by atoms with Gasteiger partial charge in [-0.2, -0.15) is 0 Å². The predicted molar refractivity (Wildman–Crippen MR) is 152 cm³/mol. The highest BCUT2D eigenvalue weighted by atomic mass is 32.2. The summed E-state index contributed by atoms with van der Waals surface area (Å²) in [7, 11) is 1.59. The van der Waals surface area contributed by atoms with E-state index in [2.05, 4.69) is 16.0 Å². The maximum atomic E-state index is 13.0. The topological polar surface area (TPSA) is 123 Å². The summed E-state index contributed by atoms with van der Waals surface area (Å²) in [6.45, 7) is 0.736. The predicted octanol–water partition coefficient (Wildman–Crippen LogP) is 5.20. The number of carbonyl (C=O) groups excluding carboxylic acids is 3. The van der Waals surface area contributed by atoms with Crippen LogP contribution >= 0.6 is 11.8 Å². The molecule has 0 aliphatic carbocycles. The monoisotopic (exact) mass is 540 g/mol. The number of nitrogens with one attached hydrogen (secondary N) is 3. The Morgan fingerprint density at radius 3 is 2.33 bits per heavy atom. The number of urea groups is 1. The lowest BCUT2D eigenvalue weighted by molar-refractivity contribution is 0.0946. The van der Waals surface area contributed by atoms with Crippen LogP contribution in [0, 0.1) is 0 Å². The van der Waals surface area contributed by atoms with Crippen LogP contribution in [0.15, 0.2) is 107 Å². The molecular weight excluding hydrogens is 512 g/mol.